The monoisotopic (exact) mass is 290 g/mol. The van der Waals surface area contributed by atoms with Crippen LogP contribution in [0.3, 0.4) is 0 Å². The molecule has 0 N–H and O–H groups in total. The Balaban J connectivity index is 1.81. The van der Waals surface area contributed by atoms with Gasteiger partial charge in [0.25, 0.3) is 0 Å². The molecule has 0 unspecified atom stereocenters. The Morgan fingerprint density at radius 3 is 2.79 bits per heavy atom. The molecule has 0 amide bonds. The summed E-state index contributed by atoms with van der Waals surface area (Å²) >= 11 is 7.78. The van der Waals surface area contributed by atoms with Crippen molar-refractivity contribution in [3.05, 3.63) is 56.2 Å². The van der Waals surface area contributed by atoms with Crippen molar-refractivity contribution in [3.8, 4) is 0 Å². The van der Waals surface area contributed by atoms with Gasteiger partial charge in [0.2, 0.25) is 0 Å². The molecule has 3 rings (SSSR count). The van der Waals surface area contributed by atoms with Crippen LogP contribution in [0, 0.1) is 0 Å². The van der Waals surface area contributed by atoms with Crippen LogP contribution in [0.2, 0.25) is 5.02 Å². The maximum atomic E-state index is 12.3. The number of ketones is 1. The number of carbonyl (C=O) groups excluding carboxylic acids is 1. The lowest BCUT2D eigenvalue weighted by Gasteiger charge is -2.08. The molecule has 0 aliphatic heterocycles. The summed E-state index contributed by atoms with van der Waals surface area (Å²) < 4.78 is 0. The van der Waals surface area contributed by atoms with Crippen LogP contribution in [0.15, 0.2) is 30.3 Å². The summed E-state index contributed by atoms with van der Waals surface area (Å²) in [6.07, 6.45) is 5.18. The van der Waals surface area contributed by atoms with Crippen LogP contribution in [0.25, 0.3) is 0 Å². The molecule has 1 aliphatic rings. The van der Waals surface area contributed by atoms with E-state index < -0.39 is 0 Å². The van der Waals surface area contributed by atoms with Crippen molar-refractivity contribution >= 4 is 28.7 Å². The molecule has 0 saturated heterocycles. The number of benzene rings is 1. The largest absolute Gasteiger partial charge is 0.293 e. The molecule has 1 aliphatic carbocycles. The molecule has 0 fully saturated rings. The van der Waals surface area contributed by atoms with Crippen molar-refractivity contribution in [2.24, 2.45) is 0 Å². The highest BCUT2D eigenvalue weighted by molar-refractivity contribution is 7.14. The molecular weight excluding hydrogens is 276 g/mol. The van der Waals surface area contributed by atoms with Crippen molar-refractivity contribution in [1.82, 2.24) is 0 Å². The topological polar surface area (TPSA) is 17.1 Å². The number of hydrogen-bond donors (Lipinski definition) is 0. The van der Waals surface area contributed by atoms with Crippen molar-refractivity contribution in [2.45, 2.75) is 32.1 Å². The van der Waals surface area contributed by atoms with E-state index in [1.165, 1.54) is 23.3 Å². The first-order valence-corrected chi connectivity index (χ1v) is 7.81. The van der Waals surface area contributed by atoms with Crippen molar-refractivity contribution in [2.75, 3.05) is 0 Å². The molecule has 98 valence electrons. The third-order valence-electron chi connectivity index (χ3n) is 3.58. The van der Waals surface area contributed by atoms with Crippen molar-refractivity contribution in [1.29, 1.82) is 0 Å². The maximum Gasteiger partial charge on any atom is 0.177 e. The van der Waals surface area contributed by atoms with Crippen LogP contribution >= 0.6 is 22.9 Å². The number of Topliss-reactive ketones (excluding diaryl/α,β-unsaturated/α-hetero) is 1. The highest BCUT2D eigenvalue weighted by atomic mass is 35.5. The Bertz CT molecular complexity index is 591. The molecule has 0 atom stereocenters. The second-order valence-corrected chi connectivity index (χ2v) is 6.50. The van der Waals surface area contributed by atoms with E-state index in [2.05, 4.69) is 6.07 Å². The van der Waals surface area contributed by atoms with Gasteiger partial charge in [0.05, 0.1) is 4.88 Å². The van der Waals surface area contributed by atoms with E-state index in [4.69, 9.17) is 11.6 Å². The summed E-state index contributed by atoms with van der Waals surface area (Å²) in [6, 6.07) is 9.67. The Morgan fingerprint density at radius 2 is 2.00 bits per heavy atom. The van der Waals surface area contributed by atoms with Gasteiger partial charge in [0.15, 0.2) is 5.78 Å². The maximum absolute atomic E-state index is 12.3. The third-order valence-corrected chi connectivity index (χ3v) is 5.23. The van der Waals surface area contributed by atoms with E-state index in [9.17, 15) is 4.79 Å². The van der Waals surface area contributed by atoms with Gasteiger partial charge in [-0.05, 0) is 48.9 Å². The zero-order valence-electron chi connectivity index (χ0n) is 10.6. The van der Waals surface area contributed by atoms with E-state index in [-0.39, 0.29) is 5.78 Å². The van der Waals surface area contributed by atoms with Gasteiger partial charge in [-0.3, -0.25) is 4.79 Å². The number of carbonyl (C=O) groups is 1. The Labute approximate surface area is 122 Å². The van der Waals surface area contributed by atoms with Crippen LogP contribution in [0.1, 0.15) is 38.5 Å². The molecule has 19 heavy (non-hydrogen) atoms. The lowest BCUT2D eigenvalue weighted by Crippen LogP contribution is -2.01. The average Bonchev–Trinajstić information content (AvgIpc) is 2.85. The number of rotatable bonds is 3. The summed E-state index contributed by atoms with van der Waals surface area (Å²) in [4.78, 5) is 14.6. The highest BCUT2D eigenvalue weighted by Crippen LogP contribution is 2.30. The van der Waals surface area contributed by atoms with Gasteiger partial charge in [-0.25, -0.2) is 0 Å². The van der Waals surface area contributed by atoms with Crippen LogP contribution in [-0.4, -0.2) is 5.78 Å². The zero-order chi connectivity index (χ0) is 13.2. The zero-order valence-corrected chi connectivity index (χ0v) is 12.2. The molecule has 2 aromatic rings. The first-order valence-electron chi connectivity index (χ1n) is 6.62. The molecule has 1 aromatic carbocycles. The average molecular weight is 291 g/mol. The summed E-state index contributed by atoms with van der Waals surface area (Å²) in [5.41, 5.74) is 2.30. The molecule has 0 bridgehead atoms. The standard InChI is InChI=1S/C16H15ClOS/c17-13-7-3-1-5-11(13)9-14(18)16-10-12-6-2-4-8-15(12)19-16/h1,3,5,7,10H,2,4,6,8-9H2. The Kier molecular flexibility index (Phi) is 3.72. The lowest BCUT2D eigenvalue weighted by molar-refractivity contribution is 0.0997. The number of aryl methyl sites for hydroxylation is 2. The molecule has 0 spiro atoms. The number of thiophene rings is 1. The minimum atomic E-state index is 0.187. The lowest BCUT2D eigenvalue weighted by atomic mass is 9.98. The Morgan fingerprint density at radius 1 is 1.21 bits per heavy atom. The van der Waals surface area contributed by atoms with Gasteiger partial charge in [-0.15, -0.1) is 11.3 Å². The summed E-state index contributed by atoms with van der Waals surface area (Å²) in [7, 11) is 0. The van der Waals surface area contributed by atoms with Gasteiger partial charge >= 0.3 is 0 Å². The van der Waals surface area contributed by atoms with E-state index in [1.807, 2.05) is 24.3 Å². The van der Waals surface area contributed by atoms with Crippen LogP contribution in [0.5, 0.6) is 0 Å². The summed E-state index contributed by atoms with van der Waals surface area (Å²) in [6.45, 7) is 0. The molecule has 0 saturated carbocycles. The number of halogens is 1. The van der Waals surface area contributed by atoms with Crippen LogP contribution in [-0.2, 0) is 19.3 Å². The SMILES string of the molecule is O=C(Cc1ccccc1Cl)c1cc2c(s1)CCCC2. The summed E-state index contributed by atoms with van der Waals surface area (Å²) in [5.74, 6) is 0.187. The second kappa shape index (κ2) is 5.48. The third kappa shape index (κ3) is 2.75. The quantitative estimate of drug-likeness (QED) is 0.749. The minimum absolute atomic E-state index is 0.187. The van der Waals surface area contributed by atoms with Gasteiger partial charge in [0, 0.05) is 16.3 Å². The second-order valence-electron chi connectivity index (χ2n) is 4.96. The molecule has 1 aromatic heterocycles. The fourth-order valence-corrected chi connectivity index (χ4v) is 3.92. The fraction of sp³-hybridized carbons (Fsp3) is 0.312. The van der Waals surface area contributed by atoms with E-state index in [0.717, 1.165) is 23.3 Å². The van der Waals surface area contributed by atoms with Crippen molar-refractivity contribution in [3.63, 3.8) is 0 Å². The van der Waals surface area contributed by atoms with E-state index in [1.54, 1.807) is 11.3 Å². The molecule has 0 radical (unpaired) electrons. The highest BCUT2D eigenvalue weighted by Gasteiger charge is 2.17. The smallest absolute Gasteiger partial charge is 0.177 e. The van der Waals surface area contributed by atoms with Crippen molar-refractivity contribution < 1.29 is 4.79 Å². The van der Waals surface area contributed by atoms with Gasteiger partial charge in [-0.1, -0.05) is 29.8 Å². The van der Waals surface area contributed by atoms with E-state index >= 15 is 0 Å². The molecule has 3 heteroatoms. The Hall–Kier alpha value is -1.12. The molecule has 1 heterocycles. The van der Waals surface area contributed by atoms with Crippen LogP contribution in [0.4, 0.5) is 0 Å². The minimum Gasteiger partial charge on any atom is -0.293 e. The number of fused-ring (bicyclic) bond motifs is 1. The van der Waals surface area contributed by atoms with Crippen LogP contribution < -0.4 is 0 Å². The van der Waals surface area contributed by atoms with E-state index in [0.29, 0.717) is 11.4 Å². The van der Waals surface area contributed by atoms with Gasteiger partial charge in [0.1, 0.15) is 0 Å². The molecule has 1 nitrogen and oxygen atoms in total. The summed E-state index contributed by atoms with van der Waals surface area (Å²) in [5, 5.41) is 0.678. The first-order chi connectivity index (χ1) is 9.24. The predicted molar refractivity (Wildman–Crippen MR) is 80.4 cm³/mol. The first kappa shape index (κ1) is 12.9. The molecular formula is C16H15ClOS. The predicted octanol–water partition coefficient (Wildman–Crippen LogP) is 4.71. The van der Waals surface area contributed by atoms with Gasteiger partial charge in [-0.2, -0.15) is 0 Å². The number of hydrogen-bond acceptors (Lipinski definition) is 2. The van der Waals surface area contributed by atoms with Gasteiger partial charge < -0.3 is 0 Å². The normalized spacial score (nSPS) is 14.2. The fourth-order valence-electron chi connectivity index (χ4n) is 2.53.